The number of carbonyl (C=O) groups is 3. The molecule has 0 unspecified atom stereocenters. The van der Waals surface area contributed by atoms with E-state index in [9.17, 15) is 19.2 Å². The largest absolute Gasteiger partial charge is 0.494 e. The van der Waals surface area contributed by atoms with Crippen LogP contribution in [-0.4, -0.2) is 56.0 Å². The topological polar surface area (TPSA) is 106 Å². The number of benzene rings is 3. The van der Waals surface area contributed by atoms with Gasteiger partial charge in [-0.15, -0.1) is 0 Å². The van der Waals surface area contributed by atoms with Crippen LogP contribution in [-0.2, 0) is 4.79 Å². The van der Waals surface area contributed by atoms with Gasteiger partial charge in [0, 0.05) is 13.6 Å². The molecule has 1 aliphatic rings. The number of methoxy groups -OCH3 is 1. The van der Waals surface area contributed by atoms with Crippen LogP contribution in [0.4, 0.5) is 11.4 Å². The molecule has 0 bridgehead atoms. The molecule has 0 saturated carbocycles. The van der Waals surface area contributed by atoms with Gasteiger partial charge in [0.05, 0.1) is 36.1 Å². The molecule has 1 aliphatic heterocycles. The highest BCUT2D eigenvalue weighted by atomic mass is 16.5. The van der Waals surface area contributed by atoms with Crippen LogP contribution >= 0.6 is 0 Å². The number of aliphatic imine (C=N–C) groups is 1. The first-order valence-corrected chi connectivity index (χ1v) is 12.1. The van der Waals surface area contributed by atoms with E-state index in [1.807, 2.05) is 19.1 Å². The number of hydrogen-bond donors (Lipinski definition) is 0. The highest BCUT2D eigenvalue weighted by molar-refractivity contribution is 6.21. The van der Waals surface area contributed by atoms with Gasteiger partial charge in [0.15, 0.2) is 0 Å². The first-order chi connectivity index (χ1) is 18.4. The number of anilines is 1. The van der Waals surface area contributed by atoms with Gasteiger partial charge in [0.25, 0.3) is 17.7 Å². The summed E-state index contributed by atoms with van der Waals surface area (Å²) in [5.74, 6) is -0.167. The molecule has 194 valence electrons. The second-order valence-electron chi connectivity index (χ2n) is 8.76. The van der Waals surface area contributed by atoms with Crippen LogP contribution in [0, 0.1) is 6.92 Å². The summed E-state index contributed by atoms with van der Waals surface area (Å²) in [4.78, 5) is 55.8. The van der Waals surface area contributed by atoms with Crippen molar-refractivity contribution >= 4 is 35.2 Å². The Morgan fingerprint density at radius 3 is 2.34 bits per heavy atom. The van der Waals surface area contributed by atoms with Crippen molar-refractivity contribution in [1.82, 2.24) is 4.90 Å². The smallest absolute Gasteiger partial charge is 0.261 e. The average molecular weight is 514 g/mol. The van der Waals surface area contributed by atoms with Crippen molar-refractivity contribution in [3.8, 4) is 11.5 Å². The third kappa shape index (κ3) is 5.19. The number of unbranched alkanes of at least 4 members (excludes halogenated alkanes) is 1. The minimum atomic E-state index is -0.405. The van der Waals surface area contributed by atoms with Crippen LogP contribution < -0.4 is 14.4 Å². The highest BCUT2D eigenvalue weighted by Gasteiger charge is 2.34. The van der Waals surface area contributed by atoms with Gasteiger partial charge in [-0.25, -0.2) is 4.79 Å². The van der Waals surface area contributed by atoms with Crippen molar-refractivity contribution in [2.45, 2.75) is 19.8 Å². The van der Waals surface area contributed by atoms with E-state index >= 15 is 0 Å². The Hall–Kier alpha value is -4.75. The number of ether oxygens (including phenoxy) is 2. The first-order valence-electron chi connectivity index (χ1n) is 12.1. The van der Waals surface area contributed by atoms with Gasteiger partial charge in [-0.3, -0.25) is 19.3 Å². The van der Waals surface area contributed by atoms with Gasteiger partial charge in [0.2, 0.25) is 6.08 Å². The number of fused-ring (bicyclic) bond motifs is 1. The Bertz CT molecular complexity index is 1410. The predicted molar refractivity (Wildman–Crippen MR) is 141 cm³/mol. The molecule has 3 amide bonds. The molecule has 0 spiro atoms. The van der Waals surface area contributed by atoms with Crippen LogP contribution in [0.15, 0.2) is 65.7 Å². The van der Waals surface area contributed by atoms with Gasteiger partial charge in [-0.05, 0) is 61.7 Å². The third-order valence-corrected chi connectivity index (χ3v) is 6.30. The lowest BCUT2D eigenvalue weighted by Gasteiger charge is -2.22. The van der Waals surface area contributed by atoms with E-state index < -0.39 is 5.91 Å². The van der Waals surface area contributed by atoms with Crippen molar-refractivity contribution in [2.75, 3.05) is 32.2 Å². The minimum Gasteiger partial charge on any atom is -0.494 e. The first kappa shape index (κ1) is 26.3. The highest BCUT2D eigenvalue weighted by Crippen LogP contribution is 2.35. The average Bonchev–Trinajstić information content (AvgIpc) is 3.17. The van der Waals surface area contributed by atoms with E-state index in [2.05, 4.69) is 4.99 Å². The minimum absolute atomic E-state index is 0.101. The molecule has 3 aromatic rings. The molecule has 1 heterocycles. The maximum atomic E-state index is 13.4. The standard InChI is InChI=1S/C29H27N3O6/c1-19-13-14-23(31(2)27(34)22-11-8-12-24(37-3)26(22)30-18-33)25(17-19)38-16-7-6-15-32-28(35)20-9-4-5-10-21(20)29(32)36/h4-5,8-14,17H,6-7,15-16H2,1-3H3. The number of imide groups is 1. The summed E-state index contributed by atoms with van der Waals surface area (Å²) in [6.45, 7) is 2.53. The maximum Gasteiger partial charge on any atom is 0.261 e. The molecule has 0 aliphatic carbocycles. The van der Waals surface area contributed by atoms with Gasteiger partial charge in [0.1, 0.15) is 17.2 Å². The SMILES string of the molecule is COc1cccc(C(=O)N(C)c2ccc(C)cc2OCCCCN2C(=O)c3ccccc3C2=O)c1N=C=O. The van der Waals surface area contributed by atoms with E-state index in [0.29, 0.717) is 48.6 Å². The lowest BCUT2D eigenvalue weighted by atomic mass is 10.1. The number of rotatable bonds is 10. The Labute approximate surface area is 220 Å². The molecule has 0 N–H and O–H groups in total. The lowest BCUT2D eigenvalue weighted by molar-refractivity contribution is 0.0649. The van der Waals surface area contributed by atoms with Gasteiger partial charge < -0.3 is 14.4 Å². The normalized spacial score (nSPS) is 12.1. The fourth-order valence-corrected chi connectivity index (χ4v) is 4.32. The number of isocyanates is 1. The molecule has 38 heavy (non-hydrogen) atoms. The fraction of sp³-hybridized carbons (Fsp3) is 0.241. The van der Waals surface area contributed by atoms with Gasteiger partial charge >= 0.3 is 0 Å². The van der Waals surface area contributed by atoms with Crippen LogP contribution in [0.1, 0.15) is 49.5 Å². The second-order valence-corrected chi connectivity index (χ2v) is 8.76. The summed E-state index contributed by atoms with van der Waals surface area (Å²) in [5.41, 5.74) is 2.63. The van der Waals surface area contributed by atoms with E-state index in [4.69, 9.17) is 9.47 Å². The monoisotopic (exact) mass is 513 g/mol. The van der Waals surface area contributed by atoms with Crippen molar-refractivity contribution in [2.24, 2.45) is 4.99 Å². The zero-order chi connectivity index (χ0) is 27.2. The summed E-state index contributed by atoms with van der Waals surface area (Å²) in [6, 6.07) is 17.1. The Balaban J connectivity index is 1.42. The van der Waals surface area contributed by atoms with Crippen LogP contribution in [0.5, 0.6) is 11.5 Å². The van der Waals surface area contributed by atoms with Gasteiger partial charge in [-0.1, -0.05) is 24.3 Å². The quantitative estimate of drug-likeness (QED) is 0.168. The summed E-state index contributed by atoms with van der Waals surface area (Å²) in [5, 5.41) is 0. The van der Waals surface area contributed by atoms with Crippen molar-refractivity contribution in [1.29, 1.82) is 0 Å². The van der Waals surface area contributed by atoms with Gasteiger partial charge in [-0.2, -0.15) is 4.99 Å². The van der Waals surface area contributed by atoms with Crippen LogP contribution in [0.25, 0.3) is 0 Å². The number of carbonyl (C=O) groups excluding carboxylic acids is 4. The Morgan fingerprint density at radius 2 is 1.68 bits per heavy atom. The molecule has 9 nitrogen and oxygen atoms in total. The molecule has 0 fully saturated rings. The number of nitrogens with zero attached hydrogens (tertiary/aromatic N) is 3. The predicted octanol–water partition coefficient (Wildman–Crippen LogP) is 4.70. The van der Waals surface area contributed by atoms with E-state index in [-0.39, 0.29) is 28.8 Å². The van der Waals surface area contributed by atoms with Crippen molar-refractivity contribution < 1.29 is 28.7 Å². The molecule has 0 atom stereocenters. The van der Waals surface area contributed by atoms with Crippen LogP contribution in [0.3, 0.4) is 0 Å². The van der Waals surface area contributed by atoms with E-state index in [1.165, 1.54) is 23.0 Å². The summed E-state index contributed by atoms with van der Waals surface area (Å²) < 4.78 is 11.3. The van der Waals surface area contributed by atoms with E-state index in [0.717, 1.165) is 5.56 Å². The summed E-state index contributed by atoms with van der Waals surface area (Å²) in [7, 11) is 3.04. The van der Waals surface area contributed by atoms with Crippen molar-refractivity contribution in [3.05, 3.63) is 82.9 Å². The molecular formula is C29H27N3O6. The number of aryl methyl sites for hydroxylation is 1. The molecule has 9 heteroatoms. The lowest BCUT2D eigenvalue weighted by Crippen LogP contribution is -2.30. The molecule has 4 rings (SSSR count). The zero-order valence-corrected chi connectivity index (χ0v) is 21.4. The van der Waals surface area contributed by atoms with E-state index in [1.54, 1.807) is 55.6 Å². The molecule has 3 aromatic carbocycles. The number of hydrogen-bond acceptors (Lipinski definition) is 7. The summed E-state index contributed by atoms with van der Waals surface area (Å²) >= 11 is 0. The second kappa shape index (κ2) is 11.5. The van der Waals surface area contributed by atoms with Crippen LogP contribution in [0.2, 0.25) is 0 Å². The fourth-order valence-electron chi connectivity index (χ4n) is 4.32. The molecule has 0 aromatic heterocycles. The Kier molecular flexibility index (Phi) is 7.99. The van der Waals surface area contributed by atoms with Crippen molar-refractivity contribution in [3.63, 3.8) is 0 Å². The number of amides is 3. The number of para-hydroxylation sites is 1. The zero-order valence-electron chi connectivity index (χ0n) is 21.4. The summed E-state index contributed by atoms with van der Waals surface area (Å²) in [6.07, 6.45) is 2.63. The Morgan fingerprint density at radius 1 is 0.974 bits per heavy atom. The molecule has 0 saturated heterocycles. The molecule has 0 radical (unpaired) electrons. The maximum absolute atomic E-state index is 13.4. The third-order valence-electron chi connectivity index (χ3n) is 6.30. The molecular weight excluding hydrogens is 486 g/mol.